The molecule has 37 heavy (non-hydrogen) atoms. The zero-order valence-electron chi connectivity index (χ0n) is 23.2. The standard InChI is InChI=1S/C30H44O7/c1-18-9-10-25(3)11-13-27(5)23-20(32)16-28(19(2)31)17-37-22(33)8-7-21(28)26(23,4)12-14-29(27,24(34)36-6)30(25,35)15-18/h7-8,15,19-21,23,31-32,35H,9-14,16-17H2,1-6H3/t19-,20-,21+,23+,25-,26+,27-,28+,29-,30+/m1/s1. The zero-order chi connectivity index (χ0) is 27.2. The van der Waals surface area contributed by atoms with Gasteiger partial charge in [-0.15, -0.1) is 0 Å². The highest BCUT2D eigenvalue weighted by Gasteiger charge is 2.80. The highest BCUT2D eigenvalue weighted by molar-refractivity contribution is 5.83. The zero-order valence-corrected chi connectivity index (χ0v) is 23.2. The monoisotopic (exact) mass is 516 g/mol. The van der Waals surface area contributed by atoms with Gasteiger partial charge in [-0.1, -0.05) is 38.5 Å². The van der Waals surface area contributed by atoms with Gasteiger partial charge in [0.2, 0.25) is 0 Å². The third-order valence-electron chi connectivity index (χ3n) is 12.3. The van der Waals surface area contributed by atoms with Gasteiger partial charge in [-0.2, -0.15) is 0 Å². The fourth-order valence-electron chi connectivity index (χ4n) is 10.4. The lowest BCUT2D eigenvalue weighted by Crippen LogP contribution is -2.78. The van der Waals surface area contributed by atoms with E-state index in [2.05, 4.69) is 20.8 Å². The van der Waals surface area contributed by atoms with Gasteiger partial charge in [0.05, 0.1) is 19.3 Å². The molecule has 5 rings (SSSR count). The van der Waals surface area contributed by atoms with Gasteiger partial charge in [0.15, 0.2) is 0 Å². The number of cyclic esters (lactones) is 1. The Kier molecular flexibility index (Phi) is 5.93. The molecule has 4 aliphatic carbocycles. The van der Waals surface area contributed by atoms with Crippen molar-refractivity contribution < 1.29 is 34.4 Å². The summed E-state index contributed by atoms with van der Waals surface area (Å²) in [6.07, 6.45) is 7.81. The van der Waals surface area contributed by atoms with Crippen molar-refractivity contribution in [2.75, 3.05) is 13.7 Å². The van der Waals surface area contributed by atoms with E-state index in [-0.39, 0.29) is 24.9 Å². The van der Waals surface area contributed by atoms with Gasteiger partial charge in [0.1, 0.15) is 17.6 Å². The van der Waals surface area contributed by atoms with E-state index in [1.54, 1.807) is 6.92 Å². The average molecular weight is 517 g/mol. The van der Waals surface area contributed by atoms with Crippen molar-refractivity contribution in [1.82, 2.24) is 0 Å². The van der Waals surface area contributed by atoms with Crippen LogP contribution in [0, 0.1) is 38.9 Å². The van der Waals surface area contributed by atoms with E-state index in [4.69, 9.17) is 9.47 Å². The van der Waals surface area contributed by atoms with Crippen LogP contribution in [-0.2, 0) is 19.1 Å². The van der Waals surface area contributed by atoms with E-state index in [0.717, 1.165) is 24.8 Å². The molecule has 0 aromatic carbocycles. The fraction of sp³-hybridized carbons (Fsp3) is 0.800. The Morgan fingerprint density at radius 2 is 1.86 bits per heavy atom. The summed E-state index contributed by atoms with van der Waals surface area (Å²) in [5.41, 5.74) is -4.25. The number of aliphatic hydroxyl groups excluding tert-OH is 2. The van der Waals surface area contributed by atoms with Gasteiger partial charge in [-0.3, -0.25) is 4.79 Å². The normalized spacial score (nSPS) is 51.8. The summed E-state index contributed by atoms with van der Waals surface area (Å²) in [7, 11) is 1.40. The first-order valence-electron chi connectivity index (χ1n) is 13.9. The molecule has 0 saturated heterocycles. The predicted octanol–water partition coefficient (Wildman–Crippen LogP) is 3.70. The molecule has 0 unspecified atom stereocenters. The van der Waals surface area contributed by atoms with Crippen LogP contribution in [0.5, 0.6) is 0 Å². The van der Waals surface area contributed by atoms with Crippen LogP contribution in [-0.4, -0.2) is 58.8 Å². The van der Waals surface area contributed by atoms with Crippen molar-refractivity contribution in [3.8, 4) is 0 Å². The fourth-order valence-corrected chi connectivity index (χ4v) is 10.4. The van der Waals surface area contributed by atoms with Crippen LogP contribution in [0.1, 0.15) is 79.6 Å². The second kappa shape index (κ2) is 8.15. The summed E-state index contributed by atoms with van der Waals surface area (Å²) in [6, 6.07) is 0. The minimum atomic E-state index is -1.42. The largest absolute Gasteiger partial charge is 0.468 e. The predicted molar refractivity (Wildman–Crippen MR) is 137 cm³/mol. The van der Waals surface area contributed by atoms with Gasteiger partial charge in [-0.25, -0.2) is 4.79 Å². The second-order valence-electron chi connectivity index (χ2n) is 13.7. The number of esters is 2. The second-order valence-corrected chi connectivity index (χ2v) is 13.7. The van der Waals surface area contributed by atoms with Crippen molar-refractivity contribution in [2.45, 2.75) is 97.4 Å². The molecule has 5 aliphatic rings. The Balaban J connectivity index is 1.74. The van der Waals surface area contributed by atoms with Gasteiger partial charge >= 0.3 is 11.9 Å². The van der Waals surface area contributed by atoms with Gasteiger partial charge < -0.3 is 24.8 Å². The third kappa shape index (κ3) is 3.05. The third-order valence-corrected chi connectivity index (χ3v) is 12.3. The summed E-state index contributed by atoms with van der Waals surface area (Å²) < 4.78 is 11.0. The molecule has 0 aromatic heterocycles. The minimum absolute atomic E-state index is 0.0311. The number of aliphatic hydroxyl groups is 3. The maximum atomic E-state index is 14.1. The van der Waals surface area contributed by atoms with Crippen molar-refractivity contribution in [1.29, 1.82) is 0 Å². The van der Waals surface area contributed by atoms with E-state index >= 15 is 0 Å². The Hall–Kier alpha value is -1.70. The molecule has 0 spiro atoms. The number of hydrogen-bond acceptors (Lipinski definition) is 7. The number of methoxy groups -OCH3 is 1. The molecule has 1 heterocycles. The number of ether oxygens (including phenoxy) is 2. The van der Waals surface area contributed by atoms with Gasteiger partial charge in [0.25, 0.3) is 0 Å². The van der Waals surface area contributed by atoms with E-state index in [1.807, 2.05) is 19.1 Å². The van der Waals surface area contributed by atoms with E-state index in [9.17, 15) is 24.9 Å². The molecular weight excluding hydrogens is 472 g/mol. The molecule has 0 radical (unpaired) electrons. The highest BCUT2D eigenvalue weighted by Crippen LogP contribution is 2.77. The Morgan fingerprint density at radius 1 is 1.16 bits per heavy atom. The number of hydrogen-bond donors (Lipinski definition) is 3. The maximum Gasteiger partial charge on any atom is 0.330 e. The first-order chi connectivity index (χ1) is 17.2. The molecule has 1 aliphatic heterocycles. The van der Waals surface area contributed by atoms with Crippen molar-refractivity contribution in [2.24, 2.45) is 38.9 Å². The molecular formula is C30H44O7. The van der Waals surface area contributed by atoms with Crippen LogP contribution >= 0.6 is 0 Å². The van der Waals surface area contributed by atoms with E-state index in [0.29, 0.717) is 19.3 Å². The van der Waals surface area contributed by atoms with Crippen molar-refractivity contribution in [3.05, 3.63) is 23.8 Å². The first kappa shape index (κ1) is 26.9. The van der Waals surface area contributed by atoms with E-state index in [1.165, 1.54) is 13.2 Å². The molecule has 206 valence electrons. The van der Waals surface area contributed by atoms with Crippen LogP contribution in [0.3, 0.4) is 0 Å². The van der Waals surface area contributed by atoms with Gasteiger partial charge in [-0.05, 0) is 81.5 Å². The molecule has 3 fully saturated rings. The number of carbonyl (C=O) groups excluding carboxylic acids is 2. The number of allylic oxidation sites excluding steroid dienone is 2. The first-order valence-corrected chi connectivity index (χ1v) is 13.9. The quantitative estimate of drug-likeness (QED) is 0.379. The lowest BCUT2D eigenvalue weighted by atomic mass is 9.30. The van der Waals surface area contributed by atoms with Crippen LogP contribution in [0.15, 0.2) is 23.8 Å². The van der Waals surface area contributed by atoms with Crippen molar-refractivity contribution >= 4 is 11.9 Å². The van der Waals surface area contributed by atoms with Crippen LogP contribution in [0.4, 0.5) is 0 Å². The topological polar surface area (TPSA) is 113 Å². The SMILES string of the molecule is COC(=O)[C@]12CC[C@@]3(C)[C@@H]4C=CC(=O)OC[C@]4([C@@H](C)O)C[C@@H](O)[C@@H]3[C@@]1(C)CC[C@@]1(C)CCC(C)=C[C@]12O. The number of rotatable bonds is 2. The summed E-state index contributed by atoms with van der Waals surface area (Å²) in [5, 5.41) is 35.9. The summed E-state index contributed by atoms with van der Waals surface area (Å²) in [6.45, 7) is 10.1. The van der Waals surface area contributed by atoms with Crippen LogP contribution in [0.2, 0.25) is 0 Å². The summed E-state index contributed by atoms with van der Waals surface area (Å²) in [5.74, 6) is -1.47. The number of fused-ring (bicyclic) bond motifs is 7. The molecule has 3 saturated carbocycles. The van der Waals surface area contributed by atoms with Crippen LogP contribution < -0.4 is 0 Å². The lowest BCUT2D eigenvalue weighted by Gasteiger charge is -2.74. The van der Waals surface area contributed by atoms with Crippen LogP contribution in [0.25, 0.3) is 0 Å². The van der Waals surface area contributed by atoms with Gasteiger partial charge in [0, 0.05) is 16.9 Å². The van der Waals surface area contributed by atoms with E-state index < -0.39 is 56.8 Å². The number of carbonyl (C=O) groups is 2. The molecule has 10 atom stereocenters. The summed E-state index contributed by atoms with van der Waals surface area (Å²) in [4.78, 5) is 26.4. The maximum absolute atomic E-state index is 14.1. The van der Waals surface area contributed by atoms with Crippen molar-refractivity contribution in [3.63, 3.8) is 0 Å². The Bertz CT molecular complexity index is 1060. The Labute approximate surface area is 220 Å². The molecule has 3 N–H and O–H groups in total. The lowest BCUT2D eigenvalue weighted by molar-refractivity contribution is -0.308. The molecule has 7 nitrogen and oxygen atoms in total. The average Bonchev–Trinajstić information content (AvgIpc) is 3.00. The Morgan fingerprint density at radius 3 is 2.51 bits per heavy atom. The molecule has 7 heteroatoms. The minimum Gasteiger partial charge on any atom is -0.468 e. The summed E-state index contributed by atoms with van der Waals surface area (Å²) >= 11 is 0. The molecule has 0 aromatic rings. The molecule has 0 amide bonds. The highest BCUT2D eigenvalue weighted by atomic mass is 16.5. The molecule has 0 bridgehead atoms. The smallest absolute Gasteiger partial charge is 0.330 e.